The van der Waals surface area contributed by atoms with Gasteiger partial charge in [0.15, 0.2) is 0 Å². The van der Waals surface area contributed by atoms with Gasteiger partial charge < -0.3 is 10.2 Å². The van der Waals surface area contributed by atoms with Crippen molar-refractivity contribution < 1.29 is 13.2 Å². The highest BCUT2D eigenvalue weighted by molar-refractivity contribution is 5.55. The normalized spacial score (nSPS) is 18.9. The highest BCUT2D eigenvalue weighted by Gasteiger charge is 2.33. The Morgan fingerprint density at radius 3 is 2.75 bits per heavy atom. The molecule has 0 aromatic heterocycles. The number of nitrogens with one attached hydrogen (secondary N) is 1. The highest BCUT2D eigenvalue weighted by Crippen LogP contribution is 2.33. The van der Waals surface area contributed by atoms with E-state index in [2.05, 4.69) is 5.32 Å². The lowest BCUT2D eigenvalue weighted by atomic mass is 10.1. The van der Waals surface area contributed by atoms with Crippen molar-refractivity contribution in [2.75, 3.05) is 25.0 Å². The molecule has 1 heterocycles. The van der Waals surface area contributed by atoms with E-state index in [4.69, 9.17) is 5.26 Å². The predicted octanol–water partition coefficient (Wildman–Crippen LogP) is 2.77. The Labute approximate surface area is 116 Å². The Balaban J connectivity index is 2.18. The molecule has 1 N–H and O–H groups in total. The lowest BCUT2D eigenvalue weighted by molar-refractivity contribution is -0.137. The first-order valence-corrected chi connectivity index (χ1v) is 6.47. The van der Waals surface area contributed by atoms with Gasteiger partial charge in [-0.25, -0.2) is 0 Å². The first-order chi connectivity index (χ1) is 9.41. The summed E-state index contributed by atoms with van der Waals surface area (Å²) < 4.78 is 38.2. The summed E-state index contributed by atoms with van der Waals surface area (Å²) in [6.45, 7) is 1.70. The molecule has 0 spiro atoms. The minimum atomic E-state index is -4.49. The van der Waals surface area contributed by atoms with Crippen molar-refractivity contribution in [1.82, 2.24) is 5.32 Å². The van der Waals surface area contributed by atoms with Crippen LogP contribution >= 0.6 is 0 Å². The van der Waals surface area contributed by atoms with Crippen LogP contribution in [0, 0.1) is 11.3 Å². The zero-order valence-electron chi connectivity index (χ0n) is 11.2. The number of nitrogens with zero attached hydrogens (tertiary/aromatic N) is 2. The first kappa shape index (κ1) is 14.7. The van der Waals surface area contributed by atoms with E-state index in [1.165, 1.54) is 12.1 Å². The number of anilines is 1. The van der Waals surface area contributed by atoms with E-state index >= 15 is 0 Å². The van der Waals surface area contributed by atoms with Crippen LogP contribution in [0.3, 0.4) is 0 Å². The monoisotopic (exact) mass is 283 g/mol. The molecule has 1 fully saturated rings. The summed E-state index contributed by atoms with van der Waals surface area (Å²) in [5.74, 6) is 0. The fraction of sp³-hybridized carbons (Fsp3) is 0.500. The summed E-state index contributed by atoms with van der Waals surface area (Å²) in [5, 5.41) is 12.2. The van der Waals surface area contributed by atoms with Crippen molar-refractivity contribution in [1.29, 1.82) is 5.26 Å². The van der Waals surface area contributed by atoms with E-state index in [1.54, 1.807) is 6.07 Å². The van der Waals surface area contributed by atoms with Crippen LogP contribution in [0.4, 0.5) is 18.9 Å². The number of alkyl halides is 3. The number of benzene rings is 1. The predicted molar refractivity (Wildman–Crippen MR) is 70.5 cm³/mol. The van der Waals surface area contributed by atoms with Gasteiger partial charge in [0, 0.05) is 25.3 Å². The minimum absolute atomic E-state index is 0.332. The molecule has 0 radical (unpaired) electrons. The SMILES string of the molecule is CN(CC1CCCN1)c1ccc(C(F)(F)F)c(C#N)c1. The van der Waals surface area contributed by atoms with Crippen molar-refractivity contribution in [2.45, 2.75) is 25.1 Å². The molecule has 1 unspecified atom stereocenters. The molecule has 0 bridgehead atoms. The summed E-state index contributed by atoms with van der Waals surface area (Å²) >= 11 is 0. The largest absolute Gasteiger partial charge is 0.417 e. The molecule has 108 valence electrons. The third kappa shape index (κ3) is 3.23. The molecule has 0 saturated carbocycles. The number of nitriles is 1. The van der Waals surface area contributed by atoms with Crippen LogP contribution in [-0.4, -0.2) is 26.2 Å². The fourth-order valence-electron chi connectivity index (χ4n) is 2.46. The van der Waals surface area contributed by atoms with Crippen molar-refractivity contribution in [2.24, 2.45) is 0 Å². The fourth-order valence-corrected chi connectivity index (χ4v) is 2.46. The second kappa shape index (κ2) is 5.71. The average molecular weight is 283 g/mol. The van der Waals surface area contributed by atoms with Gasteiger partial charge in [-0.05, 0) is 37.6 Å². The molecule has 3 nitrogen and oxygen atoms in total. The van der Waals surface area contributed by atoms with Crippen molar-refractivity contribution >= 4 is 5.69 Å². The number of halogens is 3. The molecular formula is C14H16F3N3. The van der Waals surface area contributed by atoms with Gasteiger partial charge in [-0.15, -0.1) is 0 Å². The third-order valence-corrected chi connectivity index (χ3v) is 3.53. The summed E-state index contributed by atoms with van der Waals surface area (Å²) in [5.41, 5.74) is -0.583. The maximum absolute atomic E-state index is 12.7. The van der Waals surface area contributed by atoms with Crippen LogP contribution in [0.5, 0.6) is 0 Å². The molecule has 6 heteroatoms. The molecule has 20 heavy (non-hydrogen) atoms. The molecule has 1 aromatic carbocycles. The van der Waals surface area contributed by atoms with E-state index in [0.29, 0.717) is 11.7 Å². The van der Waals surface area contributed by atoms with Gasteiger partial charge in [-0.1, -0.05) is 0 Å². The van der Waals surface area contributed by atoms with Gasteiger partial charge in [0.2, 0.25) is 0 Å². The molecule has 1 aliphatic rings. The topological polar surface area (TPSA) is 39.1 Å². The van der Waals surface area contributed by atoms with Gasteiger partial charge in [-0.3, -0.25) is 0 Å². The Morgan fingerprint density at radius 2 is 2.20 bits per heavy atom. The molecule has 1 atom stereocenters. The average Bonchev–Trinajstić information content (AvgIpc) is 2.89. The maximum atomic E-state index is 12.7. The van der Waals surface area contributed by atoms with Gasteiger partial charge in [0.25, 0.3) is 0 Å². The summed E-state index contributed by atoms with van der Waals surface area (Å²) in [4.78, 5) is 1.88. The molecule has 1 aromatic rings. The molecule has 1 saturated heterocycles. The van der Waals surface area contributed by atoms with E-state index in [9.17, 15) is 13.2 Å². The van der Waals surface area contributed by atoms with Crippen LogP contribution < -0.4 is 10.2 Å². The van der Waals surface area contributed by atoms with Crippen LogP contribution in [0.25, 0.3) is 0 Å². The number of hydrogen-bond acceptors (Lipinski definition) is 3. The molecule has 0 aliphatic carbocycles. The van der Waals surface area contributed by atoms with Crippen LogP contribution in [0.1, 0.15) is 24.0 Å². The molecular weight excluding hydrogens is 267 g/mol. The van der Waals surface area contributed by atoms with Gasteiger partial charge in [-0.2, -0.15) is 18.4 Å². The van der Waals surface area contributed by atoms with Crippen molar-refractivity contribution in [3.8, 4) is 6.07 Å². The van der Waals surface area contributed by atoms with Crippen LogP contribution in [0.15, 0.2) is 18.2 Å². The van der Waals surface area contributed by atoms with Gasteiger partial charge >= 0.3 is 6.18 Å². The van der Waals surface area contributed by atoms with Crippen molar-refractivity contribution in [3.63, 3.8) is 0 Å². The Kier molecular flexibility index (Phi) is 4.19. The summed E-state index contributed by atoms with van der Waals surface area (Å²) in [7, 11) is 1.82. The lowest BCUT2D eigenvalue weighted by Gasteiger charge is -2.24. The molecule has 1 aliphatic heterocycles. The quantitative estimate of drug-likeness (QED) is 0.927. The summed E-state index contributed by atoms with van der Waals surface area (Å²) in [6, 6.07) is 5.68. The standard InChI is InChI=1S/C14H16F3N3/c1-20(9-11-3-2-6-19-11)12-4-5-13(14(15,16)17)10(7-12)8-18/h4-5,7,11,19H,2-3,6,9H2,1H3. The first-order valence-electron chi connectivity index (χ1n) is 6.47. The van der Waals surface area contributed by atoms with Crippen LogP contribution in [-0.2, 0) is 6.18 Å². The molecule has 0 amide bonds. The number of rotatable bonds is 3. The zero-order chi connectivity index (χ0) is 14.8. The number of hydrogen-bond donors (Lipinski definition) is 1. The van der Waals surface area contributed by atoms with E-state index < -0.39 is 11.7 Å². The van der Waals surface area contributed by atoms with Gasteiger partial charge in [0.05, 0.1) is 17.2 Å². The number of likely N-dealkylation sites (N-methyl/N-ethyl adjacent to an activating group) is 1. The van der Waals surface area contributed by atoms with E-state index in [1.807, 2.05) is 11.9 Å². The van der Waals surface area contributed by atoms with E-state index in [-0.39, 0.29) is 5.56 Å². The third-order valence-electron chi connectivity index (χ3n) is 3.53. The zero-order valence-corrected chi connectivity index (χ0v) is 11.2. The Morgan fingerprint density at radius 1 is 1.45 bits per heavy atom. The Hall–Kier alpha value is -1.74. The Bertz CT molecular complexity index is 513. The molecule has 2 rings (SSSR count). The van der Waals surface area contributed by atoms with E-state index in [0.717, 1.165) is 32.0 Å². The maximum Gasteiger partial charge on any atom is 0.417 e. The van der Waals surface area contributed by atoms with Gasteiger partial charge in [0.1, 0.15) is 0 Å². The van der Waals surface area contributed by atoms with Crippen LogP contribution in [0.2, 0.25) is 0 Å². The smallest absolute Gasteiger partial charge is 0.373 e. The highest BCUT2D eigenvalue weighted by atomic mass is 19.4. The lowest BCUT2D eigenvalue weighted by Crippen LogP contribution is -2.35. The second-order valence-electron chi connectivity index (χ2n) is 5.01. The summed E-state index contributed by atoms with van der Waals surface area (Å²) in [6.07, 6.45) is -2.31. The van der Waals surface area contributed by atoms with Crippen molar-refractivity contribution in [3.05, 3.63) is 29.3 Å². The second-order valence-corrected chi connectivity index (χ2v) is 5.01. The minimum Gasteiger partial charge on any atom is -0.373 e.